The number of hydrogen-bond acceptors (Lipinski definition) is 6. The van der Waals surface area contributed by atoms with Gasteiger partial charge in [-0.3, -0.25) is 4.79 Å². The van der Waals surface area contributed by atoms with Gasteiger partial charge >= 0.3 is 5.97 Å². The molecule has 2 aromatic rings. The number of piperidine rings is 1. The Morgan fingerprint density at radius 1 is 1.09 bits per heavy atom. The molecular formula is C26H37N3O4S. The van der Waals surface area contributed by atoms with E-state index in [9.17, 15) is 13.2 Å². The van der Waals surface area contributed by atoms with Crippen LogP contribution in [-0.2, 0) is 26.0 Å². The summed E-state index contributed by atoms with van der Waals surface area (Å²) < 4.78 is 32.3. The topological polar surface area (TPSA) is 87.7 Å². The maximum Gasteiger partial charge on any atom is 0.323 e. The van der Waals surface area contributed by atoms with Crippen LogP contribution in [0.1, 0.15) is 38.7 Å². The van der Waals surface area contributed by atoms with Crippen LogP contribution >= 0.6 is 0 Å². The number of esters is 1. The number of sulfonamides is 1. The van der Waals surface area contributed by atoms with Gasteiger partial charge in [-0.2, -0.15) is 4.72 Å². The van der Waals surface area contributed by atoms with Crippen molar-refractivity contribution in [1.29, 1.82) is 0 Å². The number of benzene rings is 2. The van der Waals surface area contributed by atoms with E-state index in [1.165, 1.54) is 12.6 Å². The molecule has 1 fully saturated rings. The van der Waals surface area contributed by atoms with Gasteiger partial charge in [-0.1, -0.05) is 30.3 Å². The van der Waals surface area contributed by atoms with Crippen molar-refractivity contribution in [3.8, 4) is 0 Å². The standard InChI is InChI=1S/C26H37N3O4S/c1-3-33-26(30)21(2)28-34(31,32)25-12-10-22(11-13-25)20-23-14-18-29(19-15-23)17-7-16-27-24-8-5-4-6-9-24/h4-6,8-13,21,23,27-28H,3,7,14-20H2,1-2H3. The molecule has 1 saturated heterocycles. The predicted molar refractivity (Wildman–Crippen MR) is 135 cm³/mol. The molecule has 1 heterocycles. The Kier molecular flexibility index (Phi) is 9.92. The van der Waals surface area contributed by atoms with Gasteiger partial charge in [-0.25, -0.2) is 8.42 Å². The van der Waals surface area contributed by atoms with Crippen molar-refractivity contribution in [2.24, 2.45) is 5.92 Å². The smallest absolute Gasteiger partial charge is 0.323 e. The Labute approximate surface area is 203 Å². The molecule has 0 aliphatic carbocycles. The number of rotatable bonds is 12. The van der Waals surface area contributed by atoms with E-state index in [1.54, 1.807) is 19.1 Å². The molecule has 1 aliphatic rings. The van der Waals surface area contributed by atoms with Crippen molar-refractivity contribution < 1.29 is 17.9 Å². The molecule has 0 aromatic heterocycles. The van der Waals surface area contributed by atoms with Gasteiger partial charge in [0.1, 0.15) is 6.04 Å². The third-order valence-corrected chi connectivity index (χ3v) is 7.75. The zero-order valence-corrected chi connectivity index (χ0v) is 21.0. The van der Waals surface area contributed by atoms with Crippen LogP contribution in [0.2, 0.25) is 0 Å². The zero-order valence-electron chi connectivity index (χ0n) is 20.2. The van der Waals surface area contributed by atoms with E-state index in [1.807, 2.05) is 30.3 Å². The van der Waals surface area contributed by atoms with Crippen molar-refractivity contribution in [2.75, 3.05) is 38.1 Å². The summed E-state index contributed by atoms with van der Waals surface area (Å²) in [6.45, 7) is 7.69. The van der Waals surface area contributed by atoms with Crippen LogP contribution < -0.4 is 10.0 Å². The Hall–Kier alpha value is -2.42. The molecule has 0 saturated carbocycles. The van der Waals surface area contributed by atoms with Gasteiger partial charge in [0.2, 0.25) is 10.0 Å². The normalized spacial score (nSPS) is 16.2. The molecule has 3 rings (SSSR count). The van der Waals surface area contributed by atoms with Gasteiger partial charge in [-0.15, -0.1) is 0 Å². The van der Waals surface area contributed by atoms with Crippen molar-refractivity contribution in [2.45, 2.75) is 50.5 Å². The molecule has 1 aliphatic heterocycles. The van der Waals surface area contributed by atoms with E-state index >= 15 is 0 Å². The molecule has 186 valence electrons. The number of nitrogens with one attached hydrogen (secondary N) is 2. The maximum atomic E-state index is 12.5. The average Bonchev–Trinajstić information content (AvgIpc) is 2.84. The van der Waals surface area contributed by atoms with E-state index in [2.05, 4.69) is 27.1 Å². The van der Waals surface area contributed by atoms with Gasteiger partial charge in [0, 0.05) is 12.2 Å². The summed E-state index contributed by atoms with van der Waals surface area (Å²) in [5.74, 6) is 0.0320. The van der Waals surface area contributed by atoms with E-state index in [0.717, 1.165) is 57.4 Å². The molecule has 1 atom stereocenters. The number of nitrogens with zero attached hydrogens (tertiary/aromatic N) is 1. The quantitative estimate of drug-likeness (QED) is 0.351. The summed E-state index contributed by atoms with van der Waals surface area (Å²) in [7, 11) is -3.77. The molecule has 0 amide bonds. The second-order valence-electron chi connectivity index (χ2n) is 8.87. The van der Waals surface area contributed by atoms with Crippen LogP contribution in [0.25, 0.3) is 0 Å². The number of carbonyl (C=O) groups excluding carboxylic acids is 1. The van der Waals surface area contributed by atoms with E-state index in [4.69, 9.17) is 4.74 Å². The molecule has 2 aromatic carbocycles. The lowest BCUT2D eigenvalue weighted by Crippen LogP contribution is -2.39. The fourth-order valence-electron chi connectivity index (χ4n) is 4.26. The first-order valence-corrected chi connectivity index (χ1v) is 13.6. The summed E-state index contributed by atoms with van der Waals surface area (Å²) in [6.07, 6.45) is 4.39. The number of anilines is 1. The molecule has 1 unspecified atom stereocenters. The first-order valence-electron chi connectivity index (χ1n) is 12.2. The van der Waals surface area contributed by atoms with Crippen LogP contribution in [0.5, 0.6) is 0 Å². The summed E-state index contributed by atoms with van der Waals surface area (Å²) >= 11 is 0. The van der Waals surface area contributed by atoms with Crippen molar-refractivity contribution >= 4 is 21.7 Å². The summed E-state index contributed by atoms with van der Waals surface area (Å²) in [5, 5.41) is 3.47. The van der Waals surface area contributed by atoms with E-state index in [0.29, 0.717) is 5.92 Å². The Balaban J connectivity index is 1.39. The molecule has 7 nitrogen and oxygen atoms in total. The lowest BCUT2D eigenvalue weighted by atomic mass is 9.90. The van der Waals surface area contributed by atoms with Gasteiger partial charge in [-0.05, 0) is 94.9 Å². The number of ether oxygens (including phenoxy) is 1. The predicted octanol–water partition coefficient (Wildman–Crippen LogP) is 3.67. The Morgan fingerprint density at radius 3 is 2.41 bits per heavy atom. The monoisotopic (exact) mass is 487 g/mol. The second-order valence-corrected chi connectivity index (χ2v) is 10.6. The molecular weight excluding hydrogens is 450 g/mol. The minimum Gasteiger partial charge on any atom is -0.465 e. The number of likely N-dealkylation sites (tertiary alicyclic amines) is 1. The lowest BCUT2D eigenvalue weighted by molar-refractivity contribution is -0.144. The number of para-hydroxylation sites is 1. The highest BCUT2D eigenvalue weighted by Gasteiger charge is 2.23. The zero-order chi connectivity index (χ0) is 24.4. The van der Waals surface area contributed by atoms with Crippen LogP contribution in [0.3, 0.4) is 0 Å². The minimum atomic E-state index is -3.77. The Bertz CT molecular complexity index is 988. The van der Waals surface area contributed by atoms with Crippen LogP contribution in [0.15, 0.2) is 59.5 Å². The molecule has 0 radical (unpaired) electrons. The second kappa shape index (κ2) is 12.9. The molecule has 0 spiro atoms. The molecule has 34 heavy (non-hydrogen) atoms. The third-order valence-electron chi connectivity index (χ3n) is 6.19. The van der Waals surface area contributed by atoms with Crippen LogP contribution in [0.4, 0.5) is 5.69 Å². The number of hydrogen-bond donors (Lipinski definition) is 2. The third kappa shape index (κ3) is 8.11. The maximum absolute atomic E-state index is 12.5. The highest BCUT2D eigenvalue weighted by Crippen LogP contribution is 2.23. The SMILES string of the molecule is CCOC(=O)C(C)NS(=O)(=O)c1ccc(CC2CCN(CCCNc3ccccc3)CC2)cc1. The molecule has 2 N–H and O–H groups in total. The highest BCUT2D eigenvalue weighted by molar-refractivity contribution is 7.89. The van der Waals surface area contributed by atoms with Gasteiger partial charge in [0.05, 0.1) is 11.5 Å². The average molecular weight is 488 g/mol. The van der Waals surface area contributed by atoms with E-state index < -0.39 is 22.0 Å². The highest BCUT2D eigenvalue weighted by atomic mass is 32.2. The fourth-order valence-corrected chi connectivity index (χ4v) is 5.45. The van der Waals surface area contributed by atoms with Crippen LogP contribution in [-0.4, -0.2) is 58.1 Å². The van der Waals surface area contributed by atoms with Crippen molar-refractivity contribution in [3.63, 3.8) is 0 Å². The molecule has 0 bridgehead atoms. The minimum absolute atomic E-state index is 0.159. The van der Waals surface area contributed by atoms with Gasteiger partial charge in [0.25, 0.3) is 0 Å². The summed E-state index contributed by atoms with van der Waals surface area (Å²) in [5.41, 5.74) is 2.31. The van der Waals surface area contributed by atoms with Crippen molar-refractivity contribution in [1.82, 2.24) is 9.62 Å². The van der Waals surface area contributed by atoms with E-state index in [-0.39, 0.29) is 11.5 Å². The largest absolute Gasteiger partial charge is 0.465 e. The van der Waals surface area contributed by atoms with Crippen molar-refractivity contribution in [3.05, 3.63) is 60.2 Å². The molecule has 8 heteroatoms. The lowest BCUT2D eigenvalue weighted by Gasteiger charge is -2.32. The number of carbonyl (C=O) groups is 1. The summed E-state index contributed by atoms with van der Waals surface area (Å²) in [6, 6.07) is 16.4. The fraction of sp³-hybridized carbons (Fsp3) is 0.500. The first-order chi connectivity index (χ1) is 16.4. The van der Waals surface area contributed by atoms with Gasteiger partial charge in [0.15, 0.2) is 0 Å². The first kappa shape index (κ1) is 26.2. The summed E-state index contributed by atoms with van der Waals surface area (Å²) in [4.78, 5) is 14.4. The van der Waals surface area contributed by atoms with Gasteiger partial charge < -0.3 is 15.0 Å². The van der Waals surface area contributed by atoms with Crippen LogP contribution in [0, 0.1) is 5.92 Å². The Morgan fingerprint density at radius 2 is 1.76 bits per heavy atom.